The fourth-order valence-corrected chi connectivity index (χ4v) is 2.23. The molecular formula is C15H21N3O3. The Balaban J connectivity index is 2.23. The van der Waals surface area contributed by atoms with E-state index < -0.39 is 4.92 Å². The van der Waals surface area contributed by atoms with Gasteiger partial charge in [-0.1, -0.05) is 13.8 Å². The molecule has 1 aliphatic rings. The smallest absolute Gasteiger partial charge is 0.270 e. The number of benzene rings is 1. The summed E-state index contributed by atoms with van der Waals surface area (Å²) in [5.41, 5.74) is 6.26. The summed E-state index contributed by atoms with van der Waals surface area (Å²) in [4.78, 5) is 24.8. The summed E-state index contributed by atoms with van der Waals surface area (Å²) in [6, 6.07) is 4.29. The predicted octanol–water partition coefficient (Wildman–Crippen LogP) is 2.83. The highest BCUT2D eigenvalue weighted by Gasteiger charge is 2.33. The van der Waals surface area contributed by atoms with Crippen LogP contribution in [0.15, 0.2) is 18.2 Å². The van der Waals surface area contributed by atoms with E-state index in [9.17, 15) is 14.9 Å². The Labute approximate surface area is 124 Å². The van der Waals surface area contributed by atoms with Crippen LogP contribution < -0.4 is 5.73 Å². The first-order chi connectivity index (χ1) is 9.90. The van der Waals surface area contributed by atoms with E-state index in [2.05, 4.69) is 13.8 Å². The second kappa shape index (κ2) is 6.11. The standard InChI is InChI=1S/C15H21N3O3/c1-10(2)7-8-17(11-3-4-11)15(19)13-9-12(18(20)21)5-6-14(13)16/h5-6,9-11H,3-4,7-8,16H2,1-2H3. The van der Waals surface area contributed by atoms with E-state index in [1.807, 2.05) is 4.90 Å². The normalized spacial score (nSPS) is 14.2. The van der Waals surface area contributed by atoms with Crippen LogP contribution in [-0.4, -0.2) is 28.3 Å². The Hall–Kier alpha value is -2.11. The van der Waals surface area contributed by atoms with E-state index in [-0.39, 0.29) is 23.2 Å². The van der Waals surface area contributed by atoms with Crippen molar-refractivity contribution in [2.45, 2.75) is 39.2 Å². The lowest BCUT2D eigenvalue weighted by atomic mass is 10.1. The molecular weight excluding hydrogens is 270 g/mol. The molecule has 1 fully saturated rings. The number of hydrogen-bond acceptors (Lipinski definition) is 4. The van der Waals surface area contributed by atoms with Crippen molar-refractivity contribution >= 4 is 17.3 Å². The fraction of sp³-hybridized carbons (Fsp3) is 0.533. The van der Waals surface area contributed by atoms with Gasteiger partial charge in [0.2, 0.25) is 0 Å². The van der Waals surface area contributed by atoms with Crippen molar-refractivity contribution in [1.82, 2.24) is 4.90 Å². The maximum atomic E-state index is 12.7. The van der Waals surface area contributed by atoms with Gasteiger partial charge in [-0.05, 0) is 31.2 Å². The molecule has 0 aliphatic heterocycles. The Morgan fingerprint density at radius 2 is 2.14 bits per heavy atom. The number of carbonyl (C=O) groups excluding carboxylic acids is 1. The third-order valence-corrected chi connectivity index (χ3v) is 3.67. The number of nitrogens with two attached hydrogens (primary N) is 1. The monoisotopic (exact) mass is 291 g/mol. The van der Waals surface area contributed by atoms with E-state index in [1.165, 1.54) is 18.2 Å². The van der Waals surface area contributed by atoms with E-state index >= 15 is 0 Å². The van der Waals surface area contributed by atoms with Gasteiger partial charge in [0, 0.05) is 30.4 Å². The van der Waals surface area contributed by atoms with Crippen LogP contribution in [0.4, 0.5) is 11.4 Å². The van der Waals surface area contributed by atoms with Gasteiger partial charge in [0.15, 0.2) is 0 Å². The van der Waals surface area contributed by atoms with Gasteiger partial charge in [-0.15, -0.1) is 0 Å². The van der Waals surface area contributed by atoms with Crippen molar-refractivity contribution in [2.24, 2.45) is 5.92 Å². The van der Waals surface area contributed by atoms with Crippen molar-refractivity contribution in [3.05, 3.63) is 33.9 Å². The molecule has 1 saturated carbocycles. The topological polar surface area (TPSA) is 89.5 Å². The highest BCUT2D eigenvalue weighted by Crippen LogP contribution is 2.30. The lowest BCUT2D eigenvalue weighted by Gasteiger charge is -2.24. The first-order valence-electron chi connectivity index (χ1n) is 7.25. The molecule has 0 aromatic heterocycles. The SMILES string of the molecule is CC(C)CCN(C(=O)c1cc([N+](=O)[O-])ccc1N)C1CC1. The van der Waals surface area contributed by atoms with Crippen LogP contribution in [0.1, 0.15) is 43.5 Å². The van der Waals surface area contributed by atoms with Crippen LogP contribution in [0.25, 0.3) is 0 Å². The fourth-order valence-electron chi connectivity index (χ4n) is 2.23. The lowest BCUT2D eigenvalue weighted by molar-refractivity contribution is -0.384. The second-order valence-electron chi connectivity index (χ2n) is 5.94. The molecule has 21 heavy (non-hydrogen) atoms. The van der Waals surface area contributed by atoms with Gasteiger partial charge < -0.3 is 10.6 Å². The van der Waals surface area contributed by atoms with Crippen molar-refractivity contribution in [2.75, 3.05) is 12.3 Å². The number of hydrogen-bond donors (Lipinski definition) is 1. The zero-order valence-corrected chi connectivity index (χ0v) is 12.4. The molecule has 114 valence electrons. The summed E-state index contributed by atoms with van der Waals surface area (Å²) < 4.78 is 0. The zero-order valence-electron chi connectivity index (χ0n) is 12.4. The van der Waals surface area contributed by atoms with E-state index in [0.717, 1.165) is 19.3 Å². The third kappa shape index (κ3) is 3.71. The number of anilines is 1. The number of nitrogen functional groups attached to an aromatic ring is 1. The number of nitrogens with zero attached hydrogens (tertiary/aromatic N) is 2. The summed E-state index contributed by atoms with van der Waals surface area (Å²) in [7, 11) is 0. The first kappa shape index (κ1) is 15.3. The third-order valence-electron chi connectivity index (χ3n) is 3.67. The summed E-state index contributed by atoms with van der Waals surface area (Å²) in [6.07, 6.45) is 2.91. The maximum absolute atomic E-state index is 12.7. The lowest BCUT2D eigenvalue weighted by Crippen LogP contribution is -2.35. The van der Waals surface area contributed by atoms with Gasteiger partial charge in [0.1, 0.15) is 0 Å². The summed E-state index contributed by atoms with van der Waals surface area (Å²) in [5, 5.41) is 10.9. The molecule has 0 bridgehead atoms. The van der Waals surface area contributed by atoms with Gasteiger partial charge in [0.05, 0.1) is 10.5 Å². The molecule has 0 atom stereocenters. The molecule has 1 aromatic carbocycles. The van der Waals surface area contributed by atoms with Crippen molar-refractivity contribution in [3.63, 3.8) is 0 Å². The number of amides is 1. The predicted molar refractivity (Wildman–Crippen MR) is 81.0 cm³/mol. The molecule has 0 unspecified atom stereocenters. The zero-order chi connectivity index (χ0) is 15.6. The van der Waals surface area contributed by atoms with Gasteiger partial charge in [-0.25, -0.2) is 0 Å². The number of nitro benzene ring substituents is 1. The van der Waals surface area contributed by atoms with E-state index in [1.54, 1.807) is 0 Å². The molecule has 6 heteroatoms. The highest BCUT2D eigenvalue weighted by atomic mass is 16.6. The minimum Gasteiger partial charge on any atom is -0.398 e. The second-order valence-corrected chi connectivity index (χ2v) is 5.94. The summed E-state index contributed by atoms with van der Waals surface area (Å²) in [5.74, 6) is 0.306. The van der Waals surface area contributed by atoms with Crippen LogP contribution in [0, 0.1) is 16.0 Å². The number of carbonyl (C=O) groups is 1. The van der Waals surface area contributed by atoms with Crippen LogP contribution in [0.3, 0.4) is 0 Å². The maximum Gasteiger partial charge on any atom is 0.270 e. The Morgan fingerprint density at radius 3 is 2.67 bits per heavy atom. The molecule has 0 heterocycles. The molecule has 2 rings (SSSR count). The number of rotatable bonds is 6. The van der Waals surface area contributed by atoms with Gasteiger partial charge in [-0.3, -0.25) is 14.9 Å². The molecule has 2 N–H and O–H groups in total. The van der Waals surface area contributed by atoms with Crippen molar-refractivity contribution in [1.29, 1.82) is 0 Å². The number of nitro groups is 1. The van der Waals surface area contributed by atoms with Crippen molar-refractivity contribution < 1.29 is 9.72 Å². The molecule has 0 saturated heterocycles. The Morgan fingerprint density at radius 1 is 1.48 bits per heavy atom. The van der Waals surface area contributed by atoms with Crippen molar-refractivity contribution in [3.8, 4) is 0 Å². The van der Waals surface area contributed by atoms with Gasteiger partial charge in [-0.2, -0.15) is 0 Å². The van der Waals surface area contributed by atoms with Crippen LogP contribution >= 0.6 is 0 Å². The number of non-ortho nitro benzene ring substituents is 1. The van der Waals surface area contributed by atoms with E-state index in [4.69, 9.17) is 5.73 Å². The molecule has 6 nitrogen and oxygen atoms in total. The Kier molecular flexibility index (Phi) is 4.45. The largest absolute Gasteiger partial charge is 0.398 e. The highest BCUT2D eigenvalue weighted by molar-refractivity contribution is 6.00. The van der Waals surface area contributed by atoms with Crippen LogP contribution in [0.2, 0.25) is 0 Å². The van der Waals surface area contributed by atoms with Gasteiger partial charge >= 0.3 is 0 Å². The molecule has 0 spiro atoms. The Bertz CT molecular complexity index is 553. The van der Waals surface area contributed by atoms with Gasteiger partial charge in [0.25, 0.3) is 11.6 Å². The molecule has 0 radical (unpaired) electrons. The molecule has 1 amide bonds. The molecule has 1 aliphatic carbocycles. The minimum absolute atomic E-state index is 0.104. The minimum atomic E-state index is -0.508. The van der Waals surface area contributed by atoms with Crippen LogP contribution in [0.5, 0.6) is 0 Å². The summed E-state index contributed by atoms with van der Waals surface area (Å²) in [6.45, 7) is 4.89. The van der Waals surface area contributed by atoms with Crippen LogP contribution in [-0.2, 0) is 0 Å². The average molecular weight is 291 g/mol. The summed E-state index contributed by atoms with van der Waals surface area (Å²) >= 11 is 0. The molecule has 1 aromatic rings. The first-order valence-corrected chi connectivity index (χ1v) is 7.25. The average Bonchev–Trinajstić information content (AvgIpc) is 3.23. The van der Waals surface area contributed by atoms with E-state index in [0.29, 0.717) is 18.2 Å². The quantitative estimate of drug-likeness (QED) is 0.496.